The van der Waals surface area contributed by atoms with Crippen LogP contribution in [0.15, 0.2) is 53.5 Å². The molecule has 5 aromatic rings. The summed E-state index contributed by atoms with van der Waals surface area (Å²) < 4.78 is 2.19. The maximum Gasteiger partial charge on any atom is 0.248 e. The van der Waals surface area contributed by atoms with Crippen LogP contribution in [0.5, 0.6) is 0 Å². The average Bonchev–Trinajstić information content (AvgIpc) is 3.35. The highest BCUT2D eigenvalue weighted by Gasteiger charge is 2.67. The molecular formula is C35H35BrN8O3S. The summed E-state index contributed by atoms with van der Waals surface area (Å²) in [6, 6.07) is 8.57. The molecule has 2 fully saturated rings. The average molecular weight is 728 g/mol. The first kappa shape index (κ1) is 32.2. The van der Waals surface area contributed by atoms with Gasteiger partial charge in [-0.15, -0.1) is 11.3 Å². The first-order chi connectivity index (χ1) is 22.9. The number of nitrogens with one attached hydrogen (secondary N) is 1. The number of hydrogen-bond donors (Lipinski definition) is 1. The van der Waals surface area contributed by atoms with Crippen molar-refractivity contribution in [2.45, 2.75) is 78.4 Å². The van der Waals surface area contributed by atoms with E-state index in [1.807, 2.05) is 50.4 Å². The minimum atomic E-state index is -0.691. The molecule has 0 spiro atoms. The number of nitrogens with zero attached hydrogens (tertiary/aromatic N) is 7. The van der Waals surface area contributed by atoms with Crippen molar-refractivity contribution in [2.75, 3.05) is 5.32 Å². The summed E-state index contributed by atoms with van der Waals surface area (Å²) >= 11 is 5.10. The van der Waals surface area contributed by atoms with Gasteiger partial charge in [0.1, 0.15) is 34.5 Å². The van der Waals surface area contributed by atoms with E-state index in [4.69, 9.17) is 4.98 Å². The van der Waals surface area contributed by atoms with Gasteiger partial charge in [-0.3, -0.25) is 19.1 Å². The lowest BCUT2D eigenvalue weighted by molar-refractivity contribution is -0.138. The Balaban J connectivity index is 1.20. The highest BCUT2D eigenvalue weighted by molar-refractivity contribution is 9.10. The summed E-state index contributed by atoms with van der Waals surface area (Å²) in [4.78, 5) is 61.7. The number of piperidine rings is 1. The molecule has 7 rings (SSSR count). The van der Waals surface area contributed by atoms with Gasteiger partial charge in [-0.2, -0.15) is 5.10 Å². The van der Waals surface area contributed by atoms with Gasteiger partial charge < -0.3 is 10.2 Å². The van der Waals surface area contributed by atoms with Crippen LogP contribution < -0.4 is 5.32 Å². The maximum absolute atomic E-state index is 14.3. The smallest absolute Gasteiger partial charge is 0.248 e. The lowest BCUT2D eigenvalue weighted by atomic mass is 9.95. The summed E-state index contributed by atoms with van der Waals surface area (Å²) in [5.41, 5.74) is 3.19. The molecule has 1 aliphatic heterocycles. The molecule has 48 heavy (non-hydrogen) atoms. The highest BCUT2D eigenvalue weighted by Crippen LogP contribution is 2.61. The van der Waals surface area contributed by atoms with Crippen molar-refractivity contribution >= 4 is 61.6 Å². The minimum Gasteiger partial charge on any atom is -0.325 e. The van der Waals surface area contributed by atoms with Crippen LogP contribution in [0.2, 0.25) is 0 Å². The van der Waals surface area contributed by atoms with Crippen LogP contribution >= 0.6 is 27.3 Å². The van der Waals surface area contributed by atoms with E-state index in [9.17, 15) is 14.4 Å². The second kappa shape index (κ2) is 12.3. The van der Waals surface area contributed by atoms with Crippen molar-refractivity contribution in [2.24, 2.45) is 5.41 Å². The number of pyridine rings is 1. The number of thiazole rings is 1. The zero-order valence-corrected chi connectivity index (χ0v) is 29.7. The summed E-state index contributed by atoms with van der Waals surface area (Å²) in [6.07, 6.45) is 7.46. The second-order valence-corrected chi connectivity index (χ2v) is 15.2. The Hall–Kier alpha value is -4.36. The second-order valence-electron chi connectivity index (χ2n) is 13.2. The van der Waals surface area contributed by atoms with E-state index < -0.39 is 6.04 Å². The molecule has 1 aliphatic carbocycles. The van der Waals surface area contributed by atoms with Gasteiger partial charge in [0.2, 0.25) is 11.8 Å². The van der Waals surface area contributed by atoms with Gasteiger partial charge in [-0.25, -0.2) is 19.9 Å². The van der Waals surface area contributed by atoms with E-state index in [0.29, 0.717) is 45.9 Å². The molecule has 1 N–H and O–H groups in total. The fourth-order valence-electron chi connectivity index (χ4n) is 6.76. The summed E-state index contributed by atoms with van der Waals surface area (Å²) in [7, 11) is 0. The molecule has 4 aromatic heterocycles. The van der Waals surface area contributed by atoms with E-state index in [1.54, 1.807) is 33.3 Å². The van der Waals surface area contributed by atoms with E-state index in [2.05, 4.69) is 55.1 Å². The fourth-order valence-corrected chi connectivity index (χ4v) is 8.15. The normalized spacial score (nSPS) is 19.9. The van der Waals surface area contributed by atoms with Gasteiger partial charge in [0, 0.05) is 59.2 Å². The SMILES string of the molecule is CC(=O)c1nn(CC(=O)N2C3C[C@]3(Cc3ncc(C(C)C)s3)C[C@H]2C(=O)Nc2nc(Br)ccc2C)c2ccc(-c3cnc(C)nc3)cc12. The Morgan fingerprint density at radius 1 is 1.04 bits per heavy atom. The van der Waals surface area contributed by atoms with E-state index in [0.717, 1.165) is 28.1 Å². The summed E-state index contributed by atoms with van der Waals surface area (Å²) in [5, 5.41) is 9.28. The van der Waals surface area contributed by atoms with Crippen molar-refractivity contribution in [3.8, 4) is 11.1 Å². The van der Waals surface area contributed by atoms with Crippen LogP contribution in [0.25, 0.3) is 22.0 Å². The zero-order valence-electron chi connectivity index (χ0n) is 27.3. The quantitative estimate of drug-likeness (QED) is 0.138. The predicted molar refractivity (Wildman–Crippen MR) is 187 cm³/mol. The number of fused-ring (bicyclic) bond motifs is 2. The molecule has 1 aromatic carbocycles. The number of benzene rings is 1. The first-order valence-corrected chi connectivity index (χ1v) is 17.5. The number of aryl methyl sites for hydroxylation is 2. The summed E-state index contributed by atoms with van der Waals surface area (Å²) in [5.74, 6) is 0.802. The topological polar surface area (TPSA) is 136 Å². The van der Waals surface area contributed by atoms with Gasteiger partial charge in [0.25, 0.3) is 0 Å². The summed E-state index contributed by atoms with van der Waals surface area (Å²) in [6.45, 7) is 9.36. The number of anilines is 1. The highest BCUT2D eigenvalue weighted by atomic mass is 79.9. The van der Waals surface area contributed by atoms with Crippen LogP contribution in [0.4, 0.5) is 5.82 Å². The molecule has 1 unspecified atom stereocenters. The molecule has 13 heteroatoms. The maximum atomic E-state index is 14.3. The predicted octanol–water partition coefficient (Wildman–Crippen LogP) is 6.29. The van der Waals surface area contributed by atoms with Gasteiger partial charge in [0.15, 0.2) is 5.78 Å². The van der Waals surface area contributed by atoms with E-state index >= 15 is 0 Å². The third kappa shape index (κ3) is 5.94. The number of ketones is 1. The van der Waals surface area contributed by atoms with E-state index in [-0.39, 0.29) is 41.3 Å². The van der Waals surface area contributed by atoms with E-state index in [1.165, 1.54) is 11.8 Å². The number of rotatable bonds is 9. The largest absolute Gasteiger partial charge is 0.325 e. The van der Waals surface area contributed by atoms with Crippen molar-refractivity contribution < 1.29 is 14.4 Å². The molecule has 11 nitrogen and oxygen atoms in total. The van der Waals surface area contributed by atoms with Crippen LogP contribution in [-0.2, 0) is 22.6 Å². The van der Waals surface area contributed by atoms with Crippen LogP contribution in [0.1, 0.15) is 71.3 Å². The lowest BCUT2D eigenvalue weighted by Gasteiger charge is -2.27. The number of hydrogen-bond acceptors (Lipinski definition) is 9. The number of halogens is 1. The molecule has 0 bridgehead atoms. The third-order valence-electron chi connectivity index (χ3n) is 9.44. The van der Waals surface area contributed by atoms with Gasteiger partial charge in [0.05, 0.1) is 10.5 Å². The van der Waals surface area contributed by atoms with Crippen LogP contribution in [0, 0.1) is 19.3 Å². The van der Waals surface area contributed by atoms with Crippen LogP contribution in [0.3, 0.4) is 0 Å². The first-order valence-electron chi connectivity index (χ1n) is 15.9. The number of Topliss-reactive ketones (excluding diaryl/α,β-unsaturated/α-hetero) is 1. The third-order valence-corrected chi connectivity index (χ3v) is 11.2. The molecule has 2 amide bonds. The molecule has 5 heterocycles. The van der Waals surface area contributed by atoms with Crippen molar-refractivity contribution in [3.63, 3.8) is 0 Å². The molecule has 1 saturated heterocycles. The number of likely N-dealkylation sites (tertiary alicyclic amines) is 1. The number of carbonyl (C=O) groups is 3. The zero-order chi connectivity index (χ0) is 33.9. The Bertz CT molecular complexity index is 2090. The van der Waals surface area contributed by atoms with Gasteiger partial charge in [-0.1, -0.05) is 26.0 Å². The Morgan fingerprint density at radius 3 is 2.52 bits per heavy atom. The Labute approximate surface area is 290 Å². The van der Waals surface area contributed by atoms with Crippen LogP contribution in [-0.4, -0.2) is 64.3 Å². The lowest BCUT2D eigenvalue weighted by Crippen LogP contribution is -2.47. The molecule has 0 radical (unpaired) electrons. The molecule has 246 valence electrons. The Kier molecular flexibility index (Phi) is 8.23. The molecular weight excluding hydrogens is 692 g/mol. The monoisotopic (exact) mass is 726 g/mol. The number of amides is 2. The van der Waals surface area contributed by atoms with Gasteiger partial charge in [-0.05, 0) is 77.9 Å². The minimum absolute atomic E-state index is 0.106. The standard InChI is InChI=1S/C35H35BrN8O3S/c1-18(2)27-16-39-30(48-27)13-35-11-26(34(47)41-33-19(3)6-9-29(36)40-33)44(28(35)12-35)31(46)17-43-25-8-7-22(23-14-37-21(5)38-15-23)10-24(25)32(42-43)20(4)45/h6-10,14-16,18,26,28H,11-13,17H2,1-5H3,(H,40,41,47)/t26-,28?,35-/m0/s1. The van der Waals surface area contributed by atoms with Crippen molar-refractivity contribution in [1.29, 1.82) is 0 Å². The fraction of sp³-hybridized carbons (Fsp3) is 0.371. The van der Waals surface area contributed by atoms with Crippen molar-refractivity contribution in [1.82, 2.24) is 34.6 Å². The molecule has 2 aliphatic rings. The molecule has 3 atom stereocenters. The molecule has 1 saturated carbocycles. The van der Waals surface area contributed by atoms with Crippen molar-refractivity contribution in [3.05, 3.63) is 80.5 Å². The number of aromatic nitrogens is 6. The number of carbonyl (C=O) groups excluding carboxylic acids is 3. The Morgan fingerprint density at radius 2 is 1.81 bits per heavy atom. The van der Waals surface area contributed by atoms with Gasteiger partial charge >= 0.3 is 0 Å².